The molecule has 0 aromatic heterocycles. The van der Waals surface area contributed by atoms with E-state index in [0.717, 1.165) is 6.08 Å². The van der Waals surface area contributed by atoms with E-state index in [9.17, 15) is 4.79 Å². The van der Waals surface area contributed by atoms with Gasteiger partial charge in [0, 0.05) is 0 Å². The molecule has 1 atom stereocenters. The number of allylic oxidation sites excluding steroid dienone is 1. The molecule has 0 saturated heterocycles. The lowest BCUT2D eigenvalue weighted by Gasteiger charge is -2.13. The van der Waals surface area contributed by atoms with Crippen molar-refractivity contribution in [2.24, 2.45) is 5.73 Å². The van der Waals surface area contributed by atoms with Crippen LogP contribution in [-0.4, -0.2) is 16.6 Å². The monoisotopic (exact) mass is 129 g/mol. The molecule has 3 N–H and O–H groups in total. The number of carbonyl (C=O) groups excluding carboxylic acids is 1. The molecule has 1 unspecified atom stereocenters. The second-order valence-corrected chi connectivity index (χ2v) is 2.20. The number of rotatable bonds is 3. The molecule has 0 aliphatic heterocycles. The van der Waals surface area contributed by atoms with Gasteiger partial charge in [0.15, 0.2) is 5.78 Å². The van der Waals surface area contributed by atoms with E-state index >= 15 is 0 Å². The zero-order valence-electron chi connectivity index (χ0n) is 5.42. The third-order valence-electron chi connectivity index (χ3n) is 0.760. The summed E-state index contributed by atoms with van der Waals surface area (Å²) in [5.74, 6) is -0.248. The highest BCUT2D eigenvalue weighted by atomic mass is 16.3. The zero-order valence-corrected chi connectivity index (χ0v) is 5.42. The van der Waals surface area contributed by atoms with Gasteiger partial charge in [-0.05, 0) is 13.0 Å². The molecular weight excluding hydrogens is 118 g/mol. The molecule has 3 heteroatoms. The van der Waals surface area contributed by atoms with E-state index in [0.29, 0.717) is 0 Å². The summed E-state index contributed by atoms with van der Waals surface area (Å²) in [6, 6.07) is 0. The fourth-order valence-electron chi connectivity index (χ4n) is 0.425. The van der Waals surface area contributed by atoms with Gasteiger partial charge in [0.2, 0.25) is 0 Å². The quantitative estimate of drug-likeness (QED) is 0.409. The summed E-state index contributed by atoms with van der Waals surface area (Å²) in [4.78, 5) is 10.5. The molecule has 0 radical (unpaired) electrons. The van der Waals surface area contributed by atoms with Gasteiger partial charge in [-0.2, -0.15) is 0 Å². The summed E-state index contributed by atoms with van der Waals surface area (Å²) in [5.41, 5.74) is 3.70. The minimum atomic E-state index is -1.40. The van der Waals surface area contributed by atoms with E-state index in [1.165, 1.54) is 6.92 Å². The van der Waals surface area contributed by atoms with Crippen molar-refractivity contribution in [3.05, 3.63) is 12.7 Å². The van der Waals surface area contributed by atoms with E-state index < -0.39 is 5.72 Å². The summed E-state index contributed by atoms with van der Waals surface area (Å²) < 4.78 is 0. The van der Waals surface area contributed by atoms with Gasteiger partial charge in [-0.3, -0.25) is 4.79 Å². The first-order valence-corrected chi connectivity index (χ1v) is 2.62. The van der Waals surface area contributed by atoms with Crippen LogP contribution in [-0.2, 0) is 4.79 Å². The number of hydrogen-bond donors (Lipinski definition) is 2. The molecule has 0 aromatic carbocycles. The zero-order chi connectivity index (χ0) is 7.49. The highest BCUT2D eigenvalue weighted by Crippen LogP contribution is 2.00. The Bertz CT molecular complexity index is 124. The minimum absolute atomic E-state index is 0.0729. The van der Waals surface area contributed by atoms with Crippen LogP contribution in [0.4, 0.5) is 0 Å². The van der Waals surface area contributed by atoms with Crippen molar-refractivity contribution >= 4 is 5.78 Å². The first-order chi connectivity index (χ1) is 3.95. The first kappa shape index (κ1) is 8.33. The van der Waals surface area contributed by atoms with Crippen LogP contribution in [0.25, 0.3) is 0 Å². The van der Waals surface area contributed by atoms with Crippen molar-refractivity contribution in [3.8, 4) is 0 Å². The van der Waals surface area contributed by atoms with Crippen LogP contribution in [0.2, 0.25) is 0 Å². The van der Waals surface area contributed by atoms with Gasteiger partial charge in [-0.1, -0.05) is 6.58 Å². The van der Waals surface area contributed by atoms with Gasteiger partial charge in [0.05, 0.1) is 6.42 Å². The van der Waals surface area contributed by atoms with Gasteiger partial charge in [-0.15, -0.1) is 0 Å². The van der Waals surface area contributed by atoms with Gasteiger partial charge < -0.3 is 10.8 Å². The smallest absolute Gasteiger partial charge is 0.159 e. The van der Waals surface area contributed by atoms with Gasteiger partial charge in [0.1, 0.15) is 5.72 Å². The fourth-order valence-corrected chi connectivity index (χ4v) is 0.425. The van der Waals surface area contributed by atoms with Gasteiger partial charge >= 0.3 is 0 Å². The Hall–Kier alpha value is -0.670. The lowest BCUT2D eigenvalue weighted by atomic mass is 10.1. The number of aliphatic hydroxyl groups is 1. The minimum Gasteiger partial charge on any atom is -0.376 e. The molecule has 52 valence electrons. The van der Waals surface area contributed by atoms with Crippen molar-refractivity contribution in [1.29, 1.82) is 0 Å². The molecular formula is C6H11NO2. The molecule has 0 fully saturated rings. The second kappa shape index (κ2) is 2.75. The van der Waals surface area contributed by atoms with Crippen LogP contribution in [0.3, 0.4) is 0 Å². The van der Waals surface area contributed by atoms with Crippen LogP contribution in [0.15, 0.2) is 12.7 Å². The third kappa shape index (κ3) is 5.20. The SMILES string of the molecule is C=CC(=O)CC(C)(N)O. The fraction of sp³-hybridized carbons (Fsp3) is 0.500. The van der Waals surface area contributed by atoms with Crippen LogP contribution >= 0.6 is 0 Å². The average molecular weight is 129 g/mol. The predicted molar refractivity (Wildman–Crippen MR) is 34.6 cm³/mol. The summed E-state index contributed by atoms with van der Waals surface area (Å²) in [6.45, 7) is 4.60. The Morgan fingerprint density at radius 2 is 2.44 bits per heavy atom. The van der Waals surface area contributed by atoms with E-state index in [-0.39, 0.29) is 12.2 Å². The highest BCUT2D eigenvalue weighted by molar-refractivity contribution is 5.89. The van der Waals surface area contributed by atoms with Gasteiger partial charge in [-0.25, -0.2) is 0 Å². The molecule has 0 rings (SSSR count). The van der Waals surface area contributed by atoms with Crippen LogP contribution in [0.1, 0.15) is 13.3 Å². The average Bonchev–Trinajstić information content (AvgIpc) is 1.62. The number of ketones is 1. The van der Waals surface area contributed by atoms with E-state index in [4.69, 9.17) is 10.8 Å². The Balaban J connectivity index is 3.74. The Morgan fingerprint density at radius 1 is 2.00 bits per heavy atom. The van der Waals surface area contributed by atoms with Crippen molar-refractivity contribution in [3.63, 3.8) is 0 Å². The molecule has 0 amide bonds. The van der Waals surface area contributed by atoms with E-state index in [2.05, 4.69) is 6.58 Å². The molecule has 3 nitrogen and oxygen atoms in total. The lowest BCUT2D eigenvalue weighted by molar-refractivity contribution is -0.118. The topological polar surface area (TPSA) is 63.3 Å². The van der Waals surface area contributed by atoms with Crippen LogP contribution < -0.4 is 5.73 Å². The van der Waals surface area contributed by atoms with Crippen LogP contribution in [0, 0.1) is 0 Å². The molecule has 0 heterocycles. The molecule has 0 aliphatic carbocycles. The largest absolute Gasteiger partial charge is 0.376 e. The molecule has 0 aromatic rings. The Kier molecular flexibility index (Phi) is 2.55. The molecule has 0 bridgehead atoms. The van der Waals surface area contributed by atoms with Crippen molar-refractivity contribution in [2.75, 3.05) is 0 Å². The Labute approximate surface area is 54.2 Å². The number of carbonyl (C=O) groups is 1. The normalized spacial score (nSPS) is 16.3. The summed E-state index contributed by atoms with van der Waals surface area (Å²) >= 11 is 0. The second-order valence-electron chi connectivity index (χ2n) is 2.20. The predicted octanol–water partition coefficient (Wildman–Crippen LogP) is -0.201. The molecule has 0 saturated carbocycles. The van der Waals surface area contributed by atoms with E-state index in [1.807, 2.05) is 0 Å². The van der Waals surface area contributed by atoms with E-state index in [1.54, 1.807) is 0 Å². The maximum Gasteiger partial charge on any atom is 0.159 e. The lowest BCUT2D eigenvalue weighted by Crippen LogP contribution is -2.37. The number of nitrogens with two attached hydrogens (primary N) is 1. The standard InChI is InChI=1S/C6H11NO2/c1-3-5(8)4-6(2,7)9/h3,9H,1,4,7H2,2H3. The maximum atomic E-state index is 10.5. The van der Waals surface area contributed by atoms with Crippen molar-refractivity contribution in [2.45, 2.75) is 19.1 Å². The molecule has 9 heavy (non-hydrogen) atoms. The number of hydrogen-bond acceptors (Lipinski definition) is 3. The highest BCUT2D eigenvalue weighted by Gasteiger charge is 2.15. The maximum absolute atomic E-state index is 10.5. The summed E-state index contributed by atoms with van der Waals surface area (Å²) in [5, 5.41) is 8.83. The molecule has 0 aliphatic rings. The summed E-state index contributed by atoms with van der Waals surface area (Å²) in [6.07, 6.45) is 1.07. The Morgan fingerprint density at radius 3 is 2.56 bits per heavy atom. The first-order valence-electron chi connectivity index (χ1n) is 2.62. The van der Waals surface area contributed by atoms with Gasteiger partial charge in [0.25, 0.3) is 0 Å². The van der Waals surface area contributed by atoms with Crippen molar-refractivity contribution < 1.29 is 9.90 Å². The molecule has 0 spiro atoms. The van der Waals surface area contributed by atoms with Crippen molar-refractivity contribution in [1.82, 2.24) is 0 Å². The van der Waals surface area contributed by atoms with Crippen LogP contribution in [0.5, 0.6) is 0 Å². The summed E-state index contributed by atoms with van der Waals surface area (Å²) in [7, 11) is 0. The third-order valence-corrected chi connectivity index (χ3v) is 0.760.